The first kappa shape index (κ1) is 42.7. The van der Waals surface area contributed by atoms with Gasteiger partial charge in [0.1, 0.15) is 0 Å². The van der Waals surface area contributed by atoms with Crippen LogP contribution in [-0.2, 0) is 0 Å². The number of hydrogen-bond acceptors (Lipinski definition) is 0. The molecule has 2 unspecified atom stereocenters. The van der Waals surface area contributed by atoms with Crippen molar-refractivity contribution in [2.45, 2.75) is 118 Å². The van der Waals surface area contributed by atoms with E-state index in [9.17, 15) is 0 Å². The van der Waals surface area contributed by atoms with Crippen LogP contribution in [0, 0.1) is 17.8 Å². The fraction of sp³-hybridized carbons (Fsp3) is 1.00. The van der Waals surface area contributed by atoms with Crippen LogP contribution in [0.2, 0.25) is 0 Å². The zero-order valence-electron chi connectivity index (χ0n) is 11.0. The lowest BCUT2D eigenvalue weighted by Gasteiger charge is -2.29. The van der Waals surface area contributed by atoms with Crippen molar-refractivity contribution >= 4 is 0 Å². The first-order chi connectivity index (χ1) is 6.67. The minimum atomic E-state index is 0. The second kappa shape index (κ2) is 27.4. The molecular weight excluding hydrogens is 240 g/mol. The Labute approximate surface area is 136 Å². The van der Waals surface area contributed by atoms with Gasteiger partial charge >= 0.3 is 0 Å². The third-order valence-electron chi connectivity index (χ3n) is 3.54. The Hall–Kier alpha value is 0. The van der Waals surface area contributed by atoms with Gasteiger partial charge in [-0.1, -0.05) is 111 Å². The van der Waals surface area contributed by atoms with Gasteiger partial charge in [-0.3, -0.25) is 0 Å². The van der Waals surface area contributed by atoms with Crippen LogP contribution < -0.4 is 0 Å². The van der Waals surface area contributed by atoms with Gasteiger partial charge in [0.05, 0.1) is 0 Å². The van der Waals surface area contributed by atoms with Crippen LogP contribution in [0.4, 0.5) is 0 Å². The van der Waals surface area contributed by atoms with Crippen molar-refractivity contribution in [2.75, 3.05) is 0 Å². The van der Waals surface area contributed by atoms with E-state index in [0.29, 0.717) is 0 Å². The van der Waals surface area contributed by atoms with E-state index in [4.69, 9.17) is 0 Å². The fourth-order valence-electron chi connectivity index (χ4n) is 2.64. The first-order valence-corrected chi connectivity index (χ1v) is 6.67. The molecule has 0 aromatic rings. The molecule has 0 aromatic heterocycles. The summed E-state index contributed by atoms with van der Waals surface area (Å²) in [5, 5.41) is 0. The summed E-state index contributed by atoms with van der Waals surface area (Å²) in [6.45, 7) is 11.8. The summed E-state index contributed by atoms with van der Waals surface area (Å²) in [6.07, 6.45) is 8.39. The van der Waals surface area contributed by atoms with Gasteiger partial charge in [-0.25, -0.2) is 0 Å². The standard InChI is InChI=1S/C14H30.6CH4/c1-6-9-11-14(12(4)5)13(8-3)10-7-2;;;;;;/h12-14H,6-11H2,1-5H3;6*1H4. The van der Waals surface area contributed by atoms with Crippen LogP contribution in [0.15, 0.2) is 0 Å². The molecule has 0 aliphatic rings. The molecule has 0 saturated carbocycles. The van der Waals surface area contributed by atoms with Crippen molar-refractivity contribution in [1.82, 2.24) is 0 Å². The molecule has 0 bridgehead atoms. The molecule has 0 heterocycles. The van der Waals surface area contributed by atoms with Crippen LogP contribution in [0.25, 0.3) is 0 Å². The number of hydrogen-bond donors (Lipinski definition) is 0. The highest BCUT2D eigenvalue weighted by molar-refractivity contribution is 4.72. The Bertz CT molecular complexity index is 115. The lowest BCUT2D eigenvalue weighted by molar-refractivity contribution is 0.213. The molecule has 0 aliphatic carbocycles. The van der Waals surface area contributed by atoms with Crippen LogP contribution in [0.3, 0.4) is 0 Å². The molecule has 0 aromatic carbocycles. The predicted molar refractivity (Wildman–Crippen MR) is 107 cm³/mol. The maximum atomic E-state index is 2.40. The summed E-state index contributed by atoms with van der Waals surface area (Å²) in [5.74, 6) is 2.82. The summed E-state index contributed by atoms with van der Waals surface area (Å²) in [4.78, 5) is 0. The van der Waals surface area contributed by atoms with Gasteiger partial charge in [0.25, 0.3) is 0 Å². The maximum Gasteiger partial charge on any atom is -0.0363 e. The summed E-state index contributed by atoms with van der Waals surface area (Å²) in [6, 6.07) is 0. The minimum Gasteiger partial charge on any atom is -0.0776 e. The highest BCUT2D eigenvalue weighted by Gasteiger charge is 2.21. The van der Waals surface area contributed by atoms with E-state index < -0.39 is 0 Å². The first-order valence-electron chi connectivity index (χ1n) is 6.67. The summed E-state index contributed by atoms with van der Waals surface area (Å²) >= 11 is 0. The van der Waals surface area contributed by atoms with Crippen molar-refractivity contribution < 1.29 is 0 Å². The quantitative estimate of drug-likeness (QED) is 0.418. The van der Waals surface area contributed by atoms with E-state index in [1.807, 2.05) is 0 Å². The van der Waals surface area contributed by atoms with E-state index in [1.54, 1.807) is 0 Å². The molecule has 0 radical (unpaired) electrons. The third-order valence-corrected chi connectivity index (χ3v) is 3.54. The lowest BCUT2D eigenvalue weighted by atomic mass is 9.76. The second-order valence-electron chi connectivity index (χ2n) is 5.01. The van der Waals surface area contributed by atoms with E-state index in [2.05, 4.69) is 34.6 Å². The Morgan fingerprint density at radius 3 is 1.35 bits per heavy atom. The van der Waals surface area contributed by atoms with Gasteiger partial charge in [0, 0.05) is 0 Å². The third kappa shape index (κ3) is 18.0. The number of unbranched alkanes of at least 4 members (excludes halogenated alkanes) is 1. The summed E-state index contributed by atoms with van der Waals surface area (Å²) in [7, 11) is 0. The zero-order chi connectivity index (χ0) is 11.0. The van der Waals surface area contributed by atoms with Crippen molar-refractivity contribution in [3.05, 3.63) is 0 Å². The van der Waals surface area contributed by atoms with E-state index in [0.717, 1.165) is 17.8 Å². The smallest absolute Gasteiger partial charge is 0.0363 e. The molecule has 134 valence electrons. The van der Waals surface area contributed by atoms with Crippen molar-refractivity contribution in [3.63, 3.8) is 0 Å². The Kier molecular flexibility index (Phi) is 58.4. The molecular formula is C20H54. The monoisotopic (exact) mass is 294 g/mol. The van der Waals surface area contributed by atoms with E-state index in [-0.39, 0.29) is 44.6 Å². The Morgan fingerprint density at radius 2 is 1.10 bits per heavy atom. The maximum absolute atomic E-state index is 2.40. The number of rotatable bonds is 8. The molecule has 2 atom stereocenters. The average molecular weight is 295 g/mol. The lowest BCUT2D eigenvalue weighted by Crippen LogP contribution is -2.19. The average Bonchev–Trinajstić information content (AvgIpc) is 2.16. The topological polar surface area (TPSA) is 0 Å². The zero-order valence-corrected chi connectivity index (χ0v) is 11.0. The predicted octanol–water partition coefficient (Wildman–Crippen LogP) is 9.09. The molecule has 0 N–H and O–H groups in total. The molecule has 0 amide bonds. The van der Waals surface area contributed by atoms with Crippen LogP contribution >= 0.6 is 0 Å². The Balaban J connectivity index is -0.0000000563. The SMILES string of the molecule is C.C.C.C.C.C.CCCCC(C(C)C)C(CC)CCC. The normalized spacial score (nSPS) is 11.1. The molecule has 0 heteroatoms. The second-order valence-corrected chi connectivity index (χ2v) is 5.01. The molecule has 20 heavy (non-hydrogen) atoms. The largest absolute Gasteiger partial charge is 0.0776 e. The molecule has 0 nitrogen and oxygen atoms in total. The molecule has 0 fully saturated rings. The van der Waals surface area contributed by atoms with Gasteiger partial charge in [-0.05, 0) is 24.2 Å². The van der Waals surface area contributed by atoms with Gasteiger partial charge in [-0.2, -0.15) is 0 Å². The van der Waals surface area contributed by atoms with Gasteiger partial charge in [-0.15, -0.1) is 0 Å². The molecule has 0 rings (SSSR count). The van der Waals surface area contributed by atoms with E-state index >= 15 is 0 Å². The van der Waals surface area contributed by atoms with Crippen molar-refractivity contribution in [3.8, 4) is 0 Å². The molecule has 0 spiro atoms. The van der Waals surface area contributed by atoms with Gasteiger partial charge < -0.3 is 0 Å². The van der Waals surface area contributed by atoms with E-state index in [1.165, 1.54) is 38.5 Å². The highest BCUT2D eigenvalue weighted by atomic mass is 14.3. The summed E-state index contributed by atoms with van der Waals surface area (Å²) in [5.41, 5.74) is 0. The molecule has 0 aliphatic heterocycles. The fourth-order valence-corrected chi connectivity index (χ4v) is 2.64. The summed E-state index contributed by atoms with van der Waals surface area (Å²) < 4.78 is 0. The highest BCUT2D eigenvalue weighted by Crippen LogP contribution is 2.31. The van der Waals surface area contributed by atoms with Crippen LogP contribution in [-0.4, -0.2) is 0 Å². The van der Waals surface area contributed by atoms with Gasteiger partial charge in [0.15, 0.2) is 0 Å². The minimum absolute atomic E-state index is 0. The van der Waals surface area contributed by atoms with Gasteiger partial charge in [0.2, 0.25) is 0 Å². The van der Waals surface area contributed by atoms with Crippen molar-refractivity contribution in [2.24, 2.45) is 17.8 Å². The van der Waals surface area contributed by atoms with Crippen LogP contribution in [0.5, 0.6) is 0 Å². The van der Waals surface area contributed by atoms with Crippen LogP contribution in [0.1, 0.15) is 118 Å². The van der Waals surface area contributed by atoms with Crippen molar-refractivity contribution in [1.29, 1.82) is 0 Å². The molecule has 0 saturated heterocycles. The Morgan fingerprint density at radius 1 is 0.650 bits per heavy atom.